The maximum absolute atomic E-state index is 13.4. The molecule has 11 nitrogen and oxygen atoms in total. The standard InChI is InChI=1S/C26H24N4O7S/c1-13(31)4-9-18-25-28(12-27-18)10-19(38-25)20-14(2)22-21(15(3)32)24(33)29(22)23(20)26(34)37-11-16-5-7-17(8-6-16)30(35)36/h4-10,12,14-15,21-22,32H,11H2,1-3H3/b9-4+/t14-,15+,21+,22+/m0/s1. The quantitative estimate of drug-likeness (QED) is 0.152. The number of aromatic nitrogens is 2. The minimum atomic E-state index is -0.880. The number of β-lactam (4-membered cyclic amide) rings is 1. The first-order valence-corrected chi connectivity index (χ1v) is 12.7. The topological polar surface area (TPSA) is 144 Å². The molecular weight excluding hydrogens is 512 g/mol. The van der Waals surface area contributed by atoms with E-state index < -0.39 is 29.0 Å². The second-order valence-corrected chi connectivity index (χ2v) is 10.4. The van der Waals surface area contributed by atoms with Crippen LogP contribution in [0.5, 0.6) is 0 Å². The summed E-state index contributed by atoms with van der Waals surface area (Å²) in [5.41, 5.74) is 1.85. The normalized spacial score (nSPS) is 21.6. The molecule has 1 fully saturated rings. The average Bonchev–Trinajstić information content (AvgIpc) is 3.51. The number of ether oxygens (including phenoxy) is 1. The highest BCUT2D eigenvalue weighted by atomic mass is 32.1. The zero-order chi connectivity index (χ0) is 27.3. The fourth-order valence-electron chi connectivity index (χ4n) is 5.07. The molecule has 0 spiro atoms. The number of non-ortho nitro benzene ring substituents is 1. The van der Waals surface area contributed by atoms with Crippen LogP contribution in [0.2, 0.25) is 0 Å². The van der Waals surface area contributed by atoms with Gasteiger partial charge in [0.2, 0.25) is 5.91 Å². The lowest BCUT2D eigenvalue weighted by Crippen LogP contribution is -2.63. The molecule has 1 amide bonds. The van der Waals surface area contributed by atoms with Gasteiger partial charge in [0.1, 0.15) is 23.5 Å². The van der Waals surface area contributed by atoms with Crippen molar-refractivity contribution in [3.8, 4) is 0 Å². The van der Waals surface area contributed by atoms with Crippen molar-refractivity contribution < 1.29 is 29.2 Å². The number of nitro groups is 1. The van der Waals surface area contributed by atoms with Gasteiger partial charge in [0.25, 0.3) is 5.69 Å². The maximum Gasteiger partial charge on any atom is 0.355 e. The second kappa shape index (κ2) is 9.62. The first-order valence-electron chi connectivity index (χ1n) is 11.9. The molecule has 2 aromatic heterocycles. The summed E-state index contributed by atoms with van der Waals surface area (Å²) >= 11 is 1.37. The van der Waals surface area contributed by atoms with Crippen LogP contribution in [0.3, 0.4) is 0 Å². The van der Waals surface area contributed by atoms with E-state index in [1.54, 1.807) is 23.7 Å². The number of hydrogen-bond donors (Lipinski definition) is 1. The number of nitro benzene ring substituents is 1. The number of ketones is 1. The molecule has 0 radical (unpaired) electrons. The molecule has 2 aliphatic rings. The number of benzene rings is 1. The largest absolute Gasteiger partial charge is 0.456 e. The van der Waals surface area contributed by atoms with E-state index in [-0.39, 0.29) is 35.6 Å². The summed E-state index contributed by atoms with van der Waals surface area (Å²) in [7, 11) is 0. The van der Waals surface area contributed by atoms with Crippen molar-refractivity contribution in [3.63, 3.8) is 0 Å². The number of rotatable bonds is 8. The maximum atomic E-state index is 13.4. The summed E-state index contributed by atoms with van der Waals surface area (Å²) in [6.07, 6.45) is 5.61. The minimum Gasteiger partial charge on any atom is -0.456 e. The lowest BCUT2D eigenvalue weighted by Gasteiger charge is -2.46. The summed E-state index contributed by atoms with van der Waals surface area (Å²) in [6, 6.07) is 5.27. The number of allylic oxidation sites excluding steroid dienone is 1. The number of carbonyl (C=O) groups excluding carboxylic acids is 3. The Labute approximate surface area is 220 Å². The van der Waals surface area contributed by atoms with Gasteiger partial charge in [-0.25, -0.2) is 9.78 Å². The number of carbonyl (C=O) groups is 3. The fourth-order valence-corrected chi connectivity index (χ4v) is 6.27. The van der Waals surface area contributed by atoms with Gasteiger partial charge in [-0.3, -0.25) is 24.1 Å². The molecule has 0 bridgehead atoms. The lowest BCUT2D eigenvalue weighted by atomic mass is 9.77. The van der Waals surface area contributed by atoms with E-state index in [0.29, 0.717) is 16.8 Å². The zero-order valence-electron chi connectivity index (χ0n) is 20.7. The molecule has 3 aromatic rings. The van der Waals surface area contributed by atoms with Gasteiger partial charge in [-0.05, 0) is 43.7 Å². The van der Waals surface area contributed by atoms with Crippen LogP contribution in [0.15, 0.2) is 48.6 Å². The number of imidazole rings is 1. The summed E-state index contributed by atoms with van der Waals surface area (Å²) in [6.45, 7) is 4.79. The molecule has 1 saturated heterocycles. The van der Waals surface area contributed by atoms with E-state index in [2.05, 4.69) is 4.98 Å². The van der Waals surface area contributed by atoms with Gasteiger partial charge in [0.05, 0.1) is 33.6 Å². The Hall–Kier alpha value is -4.16. The van der Waals surface area contributed by atoms with Gasteiger partial charge in [-0.2, -0.15) is 0 Å². The molecule has 4 atom stereocenters. The van der Waals surface area contributed by atoms with Crippen molar-refractivity contribution in [1.29, 1.82) is 0 Å². The monoisotopic (exact) mass is 536 g/mol. The number of aliphatic hydroxyl groups is 1. The van der Waals surface area contributed by atoms with Crippen LogP contribution in [0.4, 0.5) is 5.69 Å². The van der Waals surface area contributed by atoms with Gasteiger partial charge < -0.3 is 14.7 Å². The van der Waals surface area contributed by atoms with Crippen LogP contribution in [0.1, 0.15) is 36.9 Å². The average molecular weight is 537 g/mol. The van der Waals surface area contributed by atoms with E-state index in [0.717, 1.165) is 9.71 Å². The summed E-state index contributed by atoms with van der Waals surface area (Å²) in [4.78, 5) is 55.5. The van der Waals surface area contributed by atoms with Crippen molar-refractivity contribution in [2.45, 2.75) is 39.5 Å². The Bertz CT molecular complexity index is 1530. The summed E-state index contributed by atoms with van der Waals surface area (Å²) < 4.78 is 7.36. The van der Waals surface area contributed by atoms with Crippen molar-refractivity contribution in [3.05, 3.63) is 74.8 Å². The SMILES string of the molecule is CC(=O)/C=C/c1ncn2cc(C3=C(C(=O)OCc4ccc([N+](=O)[O-])cc4)N4C(=O)[C@H]([C@@H](C)O)[C@H]4[C@H]3C)sc12. The van der Waals surface area contributed by atoms with Gasteiger partial charge >= 0.3 is 5.97 Å². The minimum absolute atomic E-state index is 0.0750. The third-order valence-corrected chi connectivity index (χ3v) is 8.02. The van der Waals surface area contributed by atoms with Crippen LogP contribution in [-0.2, 0) is 25.7 Å². The second-order valence-electron chi connectivity index (χ2n) is 9.40. The Morgan fingerprint density at radius 1 is 1.32 bits per heavy atom. The van der Waals surface area contributed by atoms with Gasteiger partial charge in [0.15, 0.2) is 5.78 Å². The van der Waals surface area contributed by atoms with E-state index in [4.69, 9.17) is 4.74 Å². The molecule has 0 unspecified atom stereocenters. The molecule has 38 heavy (non-hydrogen) atoms. The summed E-state index contributed by atoms with van der Waals surface area (Å²) in [5, 5.41) is 21.1. The molecule has 1 N–H and O–H groups in total. The highest BCUT2D eigenvalue weighted by Gasteiger charge is 2.60. The van der Waals surface area contributed by atoms with Gasteiger partial charge in [0, 0.05) is 29.8 Å². The smallest absolute Gasteiger partial charge is 0.355 e. The number of nitrogens with zero attached hydrogens (tertiary/aromatic N) is 4. The highest BCUT2D eigenvalue weighted by Crippen LogP contribution is 2.51. The number of fused-ring (bicyclic) bond motifs is 2. The highest BCUT2D eigenvalue weighted by molar-refractivity contribution is 7.18. The third-order valence-electron chi connectivity index (χ3n) is 6.86. The molecule has 5 rings (SSSR count). The molecular formula is C26H24N4O7S. The number of esters is 1. The third kappa shape index (κ3) is 4.21. The fraction of sp³-hybridized carbons (Fsp3) is 0.308. The molecule has 4 heterocycles. The predicted octanol–water partition coefficient (Wildman–Crippen LogP) is 3.22. The molecule has 0 saturated carbocycles. The molecule has 2 aliphatic heterocycles. The van der Waals surface area contributed by atoms with Crippen LogP contribution in [0, 0.1) is 22.0 Å². The molecule has 1 aromatic carbocycles. The lowest BCUT2D eigenvalue weighted by molar-refractivity contribution is -0.384. The van der Waals surface area contributed by atoms with Crippen molar-refractivity contribution >= 4 is 51.2 Å². The van der Waals surface area contributed by atoms with Crippen LogP contribution in [0.25, 0.3) is 16.5 Å². The Balaban J connectivity index is 1.50. The first-order chi connectivity index (χ1) is 18.1. The first kappa shape index (κ1) is 25.5. The summed E-state index contributed by atoms with van der Waals surface area (Å²) in [5.74, 6) is -2.05. The predicted molar refractivity (Wildman–Crippen MR) is 138 cm³/mol. The molecule has 196 valence electrons. The number of thiazole rings is 1. The van der Waals surface area contributed by atoms with E-state index >= 15 is 0 Å². The number of aliphatic hydroxyl groups excluding tert-OH is 1. The van der Waals surface area contributed by atoms with E-state index in [1.807, 2.05) is 13.1 Å². The van der Waals surface area contributed by atoms with Crippen LogP contribution >= 0.6 is 11.3 Å². The molecule has 12 heteroatoms. The van der Waals surface area contributed by atoms with Crippen molar-refractivity contribution in [1.82, 2.24) is 14.3 Å². The molecule has 0 aliphatic carbocycles. The number of amides is 1. The van der Waals surface area contributed by atoms with E-state index in [1.165, 1.54) is 53.5 Å². The van der Waals surface area contributed by atoms with Crippen molar-refractivity contribution in [2.24, 2.45) is 11.8 Å². The Morgan fingerprint density at radius 3 is 2.66 bits per heavy atom. The number of hydrogen-bond acceptors (Lipinski definition) is 9. The van der Waals surface area contributed by atoms with Crippen LogP contribution < -0.4 is 0 Å². The van der Waals surface area contributed by atoms with Gasteiger partial charge in [-0.1, -0.05) is 6.92 Å². The van der Waals surface area contributed by atoms with Crippen molar-refractivity contribution in [2.75, 3.05) is 0 Å². The zero-order valence-corrected chi connectivity index (χ0v) is 21.5. The van der Waals surface area contributed by atoms with Gasteiger partial charge in [-0.15, -0.1) is 11.3 Å². The van der Waals surface area contributed by atoms with E-state index in [9.17, 15) is 29.6 Å². The Kier molecular flexibility index (Phi) is 6.45. The Morgan fingerprint density at radius 2 is 2.03 bits per heavy atom. The van der Waals surface area contributed by atoms with Crippen LogP contribution in [-0.4, -0.2) is 54.1 Å².